The molecular weight excluding hydrogens is 464 g/mol. The van der Waals surface area contributed by atoms with E-state index in [2.05, 4.69) is 29.5 Å². The van der Waals surface area contributed by atoms with Gasteiger partial charge in [0.25, 0.3) is 0 Å². The van der Waals surface area contributed by atoms with Gasteiger partial charge in [-0.1, -0.05) is 13.8 Å². The first-order valence-corrected chi connectivity index (χ1v) is 13.3. The molecule has 3 heterocycles. The molecule has 10 heteroatoms. The van der Waals surface area contributed by atoms with E-state index < -0.39 is 18.2 Å². The van der Waals surface area contributed by atoms with E-state index in [0.717, 1.165) is 45.1 Å². The lowest BCUT2D eigenvalue weighted by atomic mass is 10.1. The summed E-state index contributed by atoms with van der Waals surface area (Å²) in [6, 6.07) is 1.54. The number of hydrogen-bond acceptors (Lipinski definition) is 10. The molecule has 0 unspecified atom stereocenters. The molecule has 0 saturated heterocycles. The average molecular weight is 499 g/mol. The van der Waals surface area contributed by atoms with Crippen LogP contribution in [0.25, 0.3) is 20.8 Å². The molecule has 2 saturated carbocycles. The monoisotopic (exact) mass is 498 g/mol. The van der Waals surface area contributed by atoms with Gasteiger partial charge in [-0.05, 0) is 50.5 Å². The van der Waals surface area contributed by atoms with Crippen molar-refractivity contribution in [3.8, 4) is 10.6 Å². The minimum absolute atomic E-state index is 0.177. The van der Waals surface area contributed by atoms with Crippen molar-refractivity contribution in [1.82, 2.24) is 19.9 Å². The quantitative estimate of drug-likeness (QED) is 0.301. The van der Waals surface area contributed by atoms with Crippen LogP contribution in [-0.2, 0) is 6.42 Å². The number of thiazole rings is 1. The van der Waals surface area contributed by atoms with E-state index in [9.17, 15) is 15.3 Å². The number of nitrogens with zero attached hydrogens (tertiary/aromatic N) is 4. The highest BCUT2D eigenvalue weighted by Gasteiger charge is 2.41. The summed E-state index contributed by atoms with van der Waals surface area (Å²) >= 11 is 1.57. The van der Waals surface area contributed by atoms with Crippen LogP contribution >= 0.6 is 11.3 Å². The van der Waals surface area contributed by atoms with E-state index in [0.29, 0.717) is 30.0 Å². The zero-order valence-corrected chi connectivity index (χ0v) is 21.2. The fourth-order valence-electron chi connectivity index (χ4n) is 4.75. The Hall–Kier alpha value is -2.40. The van der Waals surface area contributed by atoms with E-state index in [-0.39, 0.29) is 12.5 Å². The Morgan fingerprint density at radius 1 is 1.14 bits per heavy atom. The fourth-order valence-corrected chi connectivity index (χ4v) is 5.83. The van der Waals surface area contributed by atoms with Crippen molar-refractivity contribution in [3.05, 3.63) is 23.7 Å². The topological polar surface area (TPSA) is 136 Å². The van der Waals surface area contributed by atoms with Gasteiger partial charge in [-0.25, -0.2) is 9.97 Å². The maximum absolute atomic E-state index is 10.6. The number of aryl methyl sites for hydroxylation is 1. The number of hydrogen-bond donors (Lipinski definition) is 5. The zero-order chi connectivity index (χ0) is 24.7. The normalized spacial score (nSPS) is 24.4. The van der Waals surface area contributed by atoms with Crippen LogP contribution < -0.4 is 10.6 Å². The van der Waals surface area contributed by atoms with Crippen LogP contribution in [0.1, 0.15) is 44.5 Å². The molecule has 0 bridgehead atoms. The molecule has 0 aliphatic heterocycles. The summed E-state index contributed by atoms with van der Waals surface area (Å²) in [6.07, 6.45) is 3.58. The number of anilines is 2. The summed E-state index contributed by atoms with van der Waals surface area (Å²) in [6.45, 7) is 6.94. The van der Waals surface area contributed by atoms with Gasteiger partial charge in [0.05, 0.1) is 33.8 Å². The van der Waals surface area contributed by atoms with Crippen molar-refractivity contribution in [2.45, 2.75) is 64.7 Å². The van der Waals surface area contributed by atoms with E-state index in [1.807, 2.05) is 19.2 Å². The Bertz CT molecular complexity index is 1200. The number of aromatic nitrogens is 4. The molecule has 0 aromatic carbocycles. The number of aliphatic hydroxyl groups excluding tert-OH is 3. The minimum atomic E-state index is -1.00. The second-order valence-corrected chi connectivity index (χ2v) is 11.3. The third-order valence-electron chi connectivity index (χ3n) is 6.89. The lowest BCUT2D eigenvalue weighted by Crippen LogP contribution is -2.35. The summed E-state index contributed by atoms with van der Waals surface area (Å²) in [7, 11) is 0. The molecule has 0 spiro atoms. The van der Waals surface area contributed by atoms with E-state index in [1.54, 1.807) is 11.3 Å². The maximum atomic E-state index is 10.6. The van der Waals surface area contributed by atoms with Gasteiger partial charge in [0, 0.05) is 25.3 Å². The van der Waals surface area contributed by atoms with Gasteiger partial charge < -0.3 is 26.0 Å². The van der Waals surface area contributed by atoms with Crippen molar-refractivity contribution in [1.29, 1.82) is 0 Å². The Morgan fingerprint density at radius 2 is 1.94 bits per heavy atom. The van der Waals surface area contributed by atoms with Crippen LogP contribution in [0.5, 0.6) is 0 Å². The van der Waals surface area contributed by atoms with Crippen molar-refractivity contribution in [2.75, 3.05) is 23.8 Å². The molecule has 188 valence electrons. The summed E-state index contributed by atoms with van der Waals surface area (Å²) in [5, 5.41) is 38.1. The molecule has 3 aromatic heterocycles. The highest BCUT2D eigenvalue weighted by molar-refractivity contribution is 7.21. The average Bonchev–Trinajstić information content (AvgIpc) is 3.49. The highest BCUT2D eigenvalue weighted by Crippen LogP contribution is 2.39. The van der Waals surface area contributed by atoms with Crippen molar-refractivity contribution >= 4 is 33.3 Å². The van der Waals surface area contributed by atoms with Gasteiger partial charge in [0.15, 0.2) is 0 Å². The minimum Gasteiger partial charge on any atom is -0.396 e. The number of rotatable bonds is 9. The first-order chi connectivity index (χ1) is 16.8. The van der Waals surface area contributed by atoms with Crippen molar-refractivity contribution in [2.24, 2.45) is 17.8 Å². The first-order valence-electron chi connectivity index (χ1n) is 12.4. The molecule has 5 N–H and O–H groups in total. The lowest BCUT2D eigenvalue weighted by molar-refractivity contribution is 0.00446. The highest BCUT2D eigenvalue weighted by atomic mass is 32.1. The summed E-state index contributed by atoms with van der Waals surface area (Å²) in [5.74, 6) is 1.86. The third kappa shape index (κ3) is 5.11. The molecule has 2 aliphatic carbocycles. The van der Waals surface area contributed by atoms with Crippen LogP contribution in [0.2, 0.25) is 0 Å². The first kappa shape index (κ1) is 24.3. The van der Waals surface area contributed by atoms with Gasteiger partial charge in [-0.3, -0.25) is 4.98 Å². The smallest absolute Gasteiger partial charge is 0.224 e. The Labute approximate surface area is 209 Å². The maximum Gasteiger partial charge on any atom is 0.224 e. The molecule has 4 atom stereocenters. The summed E-state index contributed by atoms with van der Waals surface area (Å²) < 4.78 is 1.06. The van der Waals surface area contributed by atoms with Crippen molar-refractivity contribution < 1.29 is 15.3 Å². The standard InChI is InChI=1S/C25H34N6O3S/c1-12(2)8-16-20-18(6-7-26-16)35-24(30-20)19-13(3)28-25(27-10-14-4-5-14)31-23(19)29-17-9-15(11-32)21(33)22(17)34/h6-7,12,14-15,17,21-22,32-34H,4-5,8-11H2,1-3H3,(H2,27,28,29,31)/t15-,17-,21-,22+/m1/s1. The van der Waals surface area contributed by atoms with Crippen LogP contribution in [0, 0.1) is 24.7 Å². The fraction of sp³-hybridized carbons (Fsp3) is 0.600. The lowest BCUT2D eigenvalue weighted by Gasteiger charge is -2.21. The molecule has 35 heavy (non-hydrogen) atoms. The third-order valence-corrected chi connectivity index (χ3v) is 7.93. The van der Waals surface area contributed by atoms with Crippen LogP contribution in [0.4, 0.5) is 11.8 Å². The molecule has 0 amide bonds. The molecule has 5 rings (SSSR count). The number of aliphatic hydroxyl groups is 3. The number of pyridine rings is 1. The number of nitrogens with one attached hydrogen (secondary N) is 2. The van der Waals surface area contributed by atoms with Crippen molar-refractivity contribution in [3.63, 3.8) is 0 Å². The summed E-state index contributed by atoms with van der Waals surface area (Å²) in [4.78, 5) is 19.1. The molecule has 3 aromatic rings. The van der Waals surface area contributed by atoms with Gasteiger partial charge in [0.1, 0.15) is 22.4 Å². The van der Waals surface area contributed by atoms with E-state index >= 15 is 0 Å². The molecule has 9 nitrogen and oxygen atoms in total. The predicted molar refractivity (Wildman–Crippen MR) is 138 cm³/mol. The summed E-state index contributed by atoms with van der Waals surface area (Å²) in [5.41, 5.74) is 3.45. The zero-order valence-electron chi connectivity index (χ0n) is 20.4. The number of fused-ring (bicyclic) bond motifs is 1. The van der Waals surface area contributed by atoms with E-state index in [4.69, 9.17) is 15.0 Å². The second-order valence-electron chi connectivity index (χ2n) is 10.3. The SMILES string of the molecule is Cc1nc(NCC2CC2)nc(N[C@@H]2C[C@H](CO)[C@@H](O)[C@H]2O)c1-c1nc2c(CC(C)C)nccc2s1. The largest absolute Gasteiger partial charge is 0.396 e. The molecule has 0 radical (unpaired) electrons. The van der Waals surface area contributed by atoms with Gasteiger partial charge in [0.2, 0.25) is 5.95 Å². The van der Waals surface area contributed by atoms with E-state index in [1.165, 1.54) is 12.8 Å². The van der Waals surface area contributed by atoms with Crippen LogP contribution in [0.15, 0.2) is 12.3 Å². The predicted octanol–water partition coefficient (Wildman–Crippen LogP) is 2.99. The van der Waals surface area contributed by atoms with Crippen LogP contribution in [0.3, 0.4) is 0 Å². The Kier molecular flexibility index (Phi) is 6.89. The van der Waals surface area contributed by atoms with Gasteiger partial charge in [-0.2, -0.15) is 4.98 Å². The molecule has 2 fully saturated rings. The Balaban J connectivity index is 1.54. The molecular formula is C25H34N6O3S. The second kappa shape index (κ2) is 9.93. The Morgan fingerprint density at radius 3 is 2.63 bits per heavy atom. The van der Waals surface area contributed by atoms with Gasteiger partial charge >= 0.3 is 0 Å². The van der Waals surface area contributed by atoms with Crippen LogP contribution in [-0.4, -0.2) is 66.7 Å². The van der Waals surface area contributed by atoms with Gasteiger partial charge in [-0.15, -0.1) is 11.3 Å². The molecule has 2 aliphatic rings.